The van der Waals surface area contributed by atoms with Crippen molar-refractivity contribution in [2.24, 2.45) is 0 Å². The van der Waals surface area contributed by atoms with Gasteiger partial charge < -0.3 is 10.3 Å². The molecule has 0 unspecified atom stereocenters. The van der Waals surface area contributed by atoms with Crippen molar-refractivity contribution in [3.63, 3.8) is 0 Å². The normalized spacial score (nSPS) is 12.3. The van der Waals surface area contributed by atoms with Gasteiger partial charge in [0.05, 0.1) is 6.04 Å². The summed E-state index contributed by atoms with van der Waals surface area (Å²) in [4.78, 5) is 24.8. The lowest BCUT2D eigenvalue weighted by atomic mass is 10.1. The minimum absolute atomic E-state index is 0.224. The maximum Gasteiger partial charge on any atom is 0.223 e. The number of amides is 1. The van der Waals surface area contributed by atoms with Crippen molar-refractivity contribution in [2.75, 3.05) is 0 Å². The molecule has 0 bridgehead atoms. The lowest BCUT2D eigenvalue weighted by Gasteiger charge is -2.09. The monoisotopic (exact) mass is 229 g/mol. The van der Waals surface area contributed by atoms with E-state index < -0.39 is 6.04 Å². The first-order valence-electron chi connectivity index (χ1n) is 5.40. The summed E-state index contributed by atoms with van der Waals surface area (Å²) in [5, 5.41) is 3.62. The van der Waals surface area contributed by atoms with E-state index in [9.17, 15) is 9.59 Å². The Hall–Kier alpha value is -2.10. The average molecular weight is 229 g/mol. The van der Waals surface area contributed by atoms with E-state index in [0.717, 1.165) is 16.5 Å². The van der Waals surface area contributed by atoms with Crippen molar-refractivity contribution < 1.29 is 9.59 Å². The van der Waals surface area contributed by atoms with Gasteiger partial charge >= 0.3 is 0 Å². The number of fused-ring (bicyclic) bond motifs is 1. The summed E-state index contributed by atoms with van der Waals surface area (Å²) in [7, 11) is 0. The quantitative estimate of drug-likeness (QED) is 0.830. The van der Waals surface area contributed by atoms with Crippen LogP contribution in [-0.2, 0) is 16.0 Å². The highest BCUT2D eigenvalue weighted by Gasteiger charge is 2.13. The number of rotatable bonds is 4. The number of nitrogens with one attached hydrogen (secondary N) is 2. The van der Waals surface area contributed by atoms with Crippen LogP contribution in [0.5, 0.6) is 0 Å². The highest BCUT2D eigenvalue weighted by atomic mass is 16.2. The Morgan fingerprint density at radius 2 is 2.24 bits per heavy atom. The van der Waals surface area contributed by atoms with E-state index >= 15 is 0 Å². The number of aromatic nitrogens is 1. The minimum Gasteiger partial charge on any atom is -0.361 e. The topological polar surface area (TPSA) is 62.0 Å². The summed E-state index contributed by atoms with van der Waals surface area (Å²) >= 11 is 0. The van der Waals surface area contributed by atoms with E-state index in [-0.39, 0.29) is 5.91 Å². The lowest BCUT2D eigenvalue weighted by molar-refractivity contribution is -0.119. The molecule has 1 heterocycles. The summed E-state index contributed by atoms with van der Waals surface area (Å²) in [5.74, 6) is -0.224. The van der Waals surface area contributed by atoms with Crippen LogP contribution in [0, 0.1) is 0 Å². The van der Waals surface area contributed by atoms with Crippen LogP contribution in [0.15, 0.2) is 30.5 Å². The molecule has 2 aromatic rings. The van der Waals surface area contributed by atoms with Gasteiger partial charge in [-0.05, 0) is 11.6 Å². The molecule has 1 radical (unpaired) electrons. The van der Waals surface area contributed by atoms with Crippen LogP contribution < -0.4 is 5.32 Å². The molecule has 0 aliphatic heterocycles. The Labute approximate surface area is 99.0 Å². The van der Waals surface area contributed by atoms with Gasteiger partial charge in [-0.3, -0.25) is 9.59 Å². The van der Waals surface area contributed by atoms with Gasteiger partial charge in [0, 0.05) is 30.4 Å². The molecule has 0 fully saturated rings. The van der Waals surface area contributed by atoms with Gasteiger partial charge in [-0.2, -0.15) is 0 Å². The number of carbonyl (C=O) groups is 1. The molecule has 0 saturated carbocycles. The third-order valence-electron chi connectivity index (χ3n) is 2.62. The Morgan fingerprint density at radius 1 is 1.47 bits per heavy atom. The molecule has 0 saturated heterocycles. The van der Waals surface area contributed by atoms with Gasteiger partial charge in [0.1, 0.15) is 0 Å². The molecule has 2 N–H and O–H groups in total. The molecular weight excluding hydrogens is 216 g/mol. The van der Waals surface area contributed by atoms with Crippen molar-refractivity contribution in [2.45, 2.75) is 19.4 Å². The highest BCUT2D eigenvalue weighted by Crippen LogP contribution is 2.18. The van der Waals surface area contributed by atoms with Crippen molar-refractivity contribution in [3.8, 4) is 0 Å². The van der Waals surface area contributed by atoms with E-state index in [1.165, 1.54) is 6.92 Å². The van der Waals surface area contributed by atoms with Crippen LogP contribution in [0.4, 0.5) is 0 Å². The Balaban J connectivity index is 2.22. The molecule has 0 aliphatic rings. The fraction of sp³-hybridized carbons (Fsp3) is 0.231. The summed E-state index contributed by atoms with van der Waals surface area (Å²) in [6, 6.07) is 7.25. The maximum absolute atomic E-state index is 10.9. The van der Waals surface area contributed by atoms with Gasteiger partial charge in [-0.1, -0.05) is 18.2 Å². The van der Waals surface area contributed by atoms with E-state index in [2.05, 4.69) is 10.3 Å². The largest absolute Gasteiger partial charge is 0.361 e. The summed E-state index contributed by atoms with van der Waals surface area (Å²) in [6.45, 7) is 1.39. The second kappa shape index (κ2) is 4.82. The second-order valence-corrected chi connectivity index (χ2v) is 3.93. The molecule has 0 aliphatic carbocycles. The molecule has 1 amide bonds. The predicted octanol–water partition coefficient (Wildman–Crippen LogP) is 1.32. The van der Waals surface area contributed by atoms with Gasteiger partial charge in [-0.25, -0.2) is 0 Å². The van der Waals surface area contributed by atoms with E-state index in [4.69, 9.17) is 0 Å². The third kappa shape index (κ3) is 2.53. The van der Waals surface area contributed by atoms with Crippen LogP contribution >= 0.6 is 0 Å². The van der Waals surface area contributed by atoms with E-state index in [0.29, 0.717) is 6.42 Å². The third-order valence-corrected chi connectivity index (χ3v) is 2.62. The molecule has 4 nitrogen and oxygen atoms in total. The second-order valence-electron chi connectivity index (χ2n) is 3.93. The maximum atomic E-state index is 10.9. The Bertz CT molecular complexity index is 545. The van der Waals surface area contributed by atoms with Crippen LogP contribution in [-0.4, -0.2) is 23.2 Å². The van der Waals surface area contributed by atoms with Crippen LogP contribution in [0.2, 0.25) is 0 Å². The first-order valence-corrected chi connectivity index (χ1v) is 5.40. The number of aromatic amines is 1. The zero-order valence-corrected chi connectivity index (χ0v) is 9.49. The summed E-state index contributed by atoms with van der Waals surface area (Å²) in [5.41, 5.74) is 2.03. The molecule has 2 rings (SSSR count). The lowest BCUT2D eigenvalue weighted by Crippen LogP contribution is -2.35. The number of para-hydroxylation sites is 1. The van der Waals surface area contributed by atoms with E-state index in [1.807, 2.05) is 36.7 Å². The minimum atomic E-state index is -0.591. The van der Waals surface area contributed by atoms with Gasteiger partial charge in [0.15, 0.2) is 0 Å². The standard InChI is InChI=1S/C13H13N2O2/c1-9(17)15-11(8-16)6-10-7-14-13-5-3-2-4-12(10)13/h2-5,7,11,14H,6H2,1H3,(H,15,17)/t11-/m0/s1. The molecule has 1 atom stereocenters. The fourth-order valence-corrected chi connectivity index (χ4v) is 1.89. The fourth-order valence-electron chi connectivity index (χ4n) is 1.89. The number of hydrogen-bond donors (Lipinski definition) is 2. The van der Waals surface area contributed by atoms with Gasteiger partial charge in [0.25, 0.3) is 0 Å². The number of hydrogen-bond acceptors (Lipinski definition) is 2. The van der Waals surface area contributed by atoms with Crippen LogP contribution in [0.1, 0.15) is 12.5 Å². The van der Waals surface area contributed by atoms with Crippen LogP contribution in [0.3, 0.4) is 0 Å². The SMILES string of the molecule is CC(=O)N[C@H]([C]=O)Cc1c[nH]c2ccccc12. The Morgan fingerprint density at radius 3 is 2.94 bits per heavy atom. The number of H-pyrrole nitrogens is 1. The molecular formula is C13H13N2O2. The number of carbonyl (C=O) groups excluding carboxylic acids is 2. The summed E-state index contributed by atoms with van der Waals surface area (Å²) in [6.07, 6.45) is 4.15. The van der Waals surface area contributed by atoms with Crippen molar-refractivity contribution >= 4 is 23.1 Å². The first-order chi connectivity index (χ1) is 8.20. The summed E-state index contributed by atoms with van der Waals surface area (Å²) < 4.78 is 0. The van der Waals surface area contributed by atoms with Crippen molar-refractivity contribution in [1.29, 1.82) is 0 Å². The van der Waals surface area contributed by atoms with Gasteiger partial charge in [-0.15, -0.1) is 0 Å². The zero-order valence-electron chi connectivity index (χ0n) is 9.49. The predicted molar refractivity (Wildman–Crippen MR) is 65.3 cm³/mol. The Kier molecular flexibility index (Phi) is 3.23. The zero-order chi connectivity index (χ0) is 12.3. The van der Waals surface area contributed by atoms with Crippen LogP contribution in [0.25, 0.3) is 10.9 Å². The first kappa shape index (κ1) is 11.4. The average Bonchev–Trinajstić information content (AvgIpc) is 2.71. The molecule has 1 aromatic heterocycles. The smallest absolute Gasteiger partial charge is 0.223 e. The van der Waals surface area contributed by atoms with Gasteiger partial charge in [0.2, 0.25) is 12.2 Å². The highest BCUT2D eigenvalue weighted by molar-refractivity contribution is 5.84. The molecule has 17 heavy (non-hydrogen) atoms. The molecule has 4 heteroatoms. The molecule has 0 spiro atoms. The van der Waals surface area contributed by atoms with Crippen molar-refractivity contribution in [1.82, 2.24) is 10.3 Å². The van der Waals surface area contributed by atoms with E-state index in [1.54, 1.807) is 0 Å². The number of benzene rings is 1. The molecule has 1 aromatic carbocycles. The van der Waals surface area contributed by atoms with Crippen molar-refractivity contribution in [3.05, 3.63) is 36.0 Å². The molecule has 87 valence electrons.